The van der Waals surface area contributed by atoms with Crippen LogP contribution in [-0.2, 0) is 19.2 Å². The molecule has 0 radical (unpaired) electrons. The molecule has 0 heterocycles. The molecule has 0 aliphatic heterocycles. The summed E-state index contributed by atoms with van der Waals surface area (Å²) in [6, 6.07) is -3.03. The lowest BCUT2D eigenvalue weighted by Crippen LogP contribution is -2.57. The van der Waals surface area contributed by atoms with E-state index in [2.05, 4.69) is 16.0 Å². The first kappa shape index (κ1) is 25.1. The molecular formula is C16H30N4O6S. The van der Waals surface area contributed by atoms with Crippen molar-refractivity contribution >= 4 is 35.5 Å². The number of carboxylic acids is 1. The summed E-state index contributed by atoms with van der Waals surface area (Å²) in [6.07, 6.45) is 2.85. The van der Waals surface area contributed by atoms with Gasteiger partial charge in [0.15, 0.2) is 0 Å². The normalized spacial score (nSPS) is 15.1. The molecule has 7 N–H and O–H groups in total. The van der Waals surface area contributed by atoms with Gasteiger partial charge in [-0.1, -0.05) is 20.3 Å². The molecule has 27 heavy (non-hydrogen) atoms. The first-order chi connectivity index (χ1) is 12.7. The first-order valence-corrected chi connectivity index (χ1v) is 10.0. The van der Waals surface area contributed by atoms with E-state index in [4.69, 9.17) is 10.8 Å². The standard InChI is InChI=1S/C16H30N4O6S/c1-4-9(2)13(17)16(26)19-10(5-6-27-3)15(25)20-11(8-21)14(24)18-7-12(22)23/h9-11,13,21H,4-8,17H2,1-3H3,(H,18,24)(H,19,26)(H,20,25)(H,22,23). The van der Waals surface area contributed by atoms with Crippen LogP contribution in [-0.4, -0.2) is 77.2 Å². The van der Waals surface area contributed by atoms with Crippen LogP contribution in [0.25, 0.3) is 0 Å². The predicted molar refractivity (Wildman–Crippen MR) is 102 cm³/mol. The Morgan fingerprint density at radius 1 is 1.07 bits per heavy atom. The number of aliphatic hydroxyl groups is 1. The van der Waals surface area contributed by atoms with Gasteiger partial charge in [-0.25, -0.2) is 0 Å². The van der Waals surface area contributed by atoms with E-state index in [9.17, 15) is 24.3 Å². The molecular weight excluding hydrogens is 376 g/mol. The lowest BCUT2D eigenvalue weighted by Gasteiger charge is -2.24. The molecule has 0 bridgehead atoms. The minimum Gasteiger partial charge on any atom is -0.480 e. The SMILES string of the molecule is CCC(C)C(N)C(=O)NC(CCSC)C(=O)NC(CO)C(=O)NCC(=O)O. The number of thioether (sulfide) groups is 1. The van der Waals surface area contributed by atoms with Crippen molar-refractivity contribution in [2.75, 3.05) is 25.2 Å². The summed E-state index contributed by atoms with van der Waals surface area (Å²) in [5.74, 6) is -2.71. The van der Waals surface area contributed by atoms with Crippen molar-refractivity contribution in [3.63, 3.8) is 0 Å². The van der Waals surface area contributed by atoms with Gasteiger partial charge in [0.1, 0.15) is 18.6 Å². The second-order valence-corrected chi connectivity index (χ2v) is 7.09. The molecule has 0 saturated heterocycles. The molecule has 0 fully saturated rings. The van der Waals surface area contributed by atoms with Gasteiger partial charge in [-0.3, -0.25) is 19.2 Å². The zero-order valence-corrected chi connectivity index (χ0v) is 16.7. The van der Waals surface area contributed by atoms with Gasteiger partial charge in [0, 0.05) is 0 Å². The van der Waals surface area contributed by atoms with E-state index in [0.717, 1.165) is 0 Å². The number of nitrogens with two attached hydrogens (primary N) is 1. The van der Waals surface area contributed by atoms with Crippen LogP contribution in [0.2, 0.25) is 0 Å². The molecule has 0 spiro atoms. The van der Waals surface area contributed by atoms with Crippen LogP contribution in [0, 0.1) is 5.92 Å². The number of aliphatic carboxylic acids is 1. The Hall–Kier alpha value is -1.85. The number of hydrogen-bond donors (Lipinski definition) is 6. The number of carbonyl (C=O) groups excluding carboxylic acids is 3. The maximum Gasteiger partial charge on any atom is 0.322 e. The molecule has 0 rings (SSSR count). The molecule has 11 heteroatoms. The molecule has 0 aromatic rings. The quantitative estimate of drug-likeness (QED) is 0.210. The largest absolute Gasteiger partial charge is 0.480 e. The van der Waals surface area contributed by atoms with Gasteiger partial charge in [0.25, 0.3) is 0 Å². The van der Waals surface area contributed by atoms with Crippen molar-refractivity contribution in [1.29, 1.82) is 0 Å². The first-order valence-electron chi connectivity index (χ1n) is 8.63. The third-order valence-electron chi connectivity index (χ3n) is 4.03. The lowest BCUT2D eigenvalue weighted by molar-refractivity contribution is -0.139. The second kappa shape index (κ2) is 13.3. The number of hydrogen-bond acceptors (Lipinski definition) is 7. The smallest absolute Gasteiger partial charge is 0.322 e. The summed E-state index contributed by atoms with van der Waals surface area (Å²) in [5.41, 5.74) is 5.88. The minimum atomic E-state index is -1.33. The van der Waals surface area contributed by atoms with Crippen molar-refractivity contribution in [3.05, 3.63) is 0 Å². The minimum absolute atomic E-state index is 0.0683. The number of carboxylic acid groups (broad SMARTS) is 1. The lowest BCUT2D eigenvalue weighted by atomic mass is 9.99. The summed E-state index contributed by atoms with van der Waals surface area (Å²) in [7, 11) is 0. The Morgan fingerprint density at radius 3 is 2.15 bits per heavy atom. The van der Waals surface area contributed by atoms with Gasteiger partial charge in [0.05, 0.1) is 12.6 Å². The molecule has 0 aliphatic rings. The van der Waals surface area contributed by atoms with Gasteiger partial charge >= 0.3 is 5.97 Å². The van der Waals surface area contributed by atoms with Crippen LogP contribution in [0.5, 0.6) is 0 Å². The number of aliphatic hydroxyl groups excluding tert-OH is 1. The number of carbonyl (C=O) groups is 4. The molecule has 0 aliphatic carbocycles. The fourth-order valence-corrected chi connectivity index (χ4v) is 2.51. The van der Waals surface area contributed by atoms with Gasteiger partial charge in [-0.2, -0.15) is 11.8 Å². The van der Waals surface area contributed by atoms with Gasteiger partial charge in [-0.15, -0.1) is 0 Å². The fraction of sp³-hybridized carbons (Fsp3) is 0.750. The summed E-state index contributed by atoms with van der Waals surface area (Å²) in [6.45, 7) is 2.38. The highest BCUT2D eigenvalue weighted by Crippen LogP contribution is 2.07. The highest BCUT2D eigenvalue weighted by molar-refractivity contribution is 7.98. The van der Waals surface area contributed by atoms with E-state index < -0.39 is 55.0 Å². The van der Waals surface area contributed by atoms with Crippen LogP contribution >= 0.6 is 11.8 Å². The van der Waals surface area contributed by atoms with Crippen molar-refractivity contribution in [3.8, 4) is 0 Å². The summed E-state index contributed by atoms with van der Waals surface area (Å²) in [5, 5.41) is 24.9. The van der Waals surface area contributed by atoms with E-state index in [0.29, 0.717) is 18.6 Å². The van der Waals surface area contributed by atoms with E-state index in [1.165, 1.54) is 11.8 Å². The van der Waals surface area contributed by atoms with Crippen molar-refractivity contribution in [2.45, 2.75) is 44.8 Å². The van der Waals surface area contributed by atoms with Gasteiger partial charge in [-0.05, 0) is 24.3 Å². The number of amides is 3. The third kappa shape index (κ3) is 9.59. The van der Waals surface area contributed by atoms with Crippen molar-refractivity contribution < 1.29 is 29.4 Å². The van der Waals surface area contributed by atoms with E-state index >= 15 is 0 Å². The van der Waals surface area contributed by atoms with Crippen molar-refractivity contribution in [2.24, 2.45) is 11.7 Å². The molecule has 4 unspecified atom stereocenters. The Bertz CT molecular complexity index is 519. The maximum absolute atomic E-state index is 12.5. The molecule has 10 nitrogen and oxygen atoms in total. The Labute approximate surface area is 163 Å². The summed E-state index contributed by atoms with van der Waals surface area (Å²) < 4.78 is 0. The van der Waals surface area contributed by atoms with Gasteiger partial charge in [0.2, 0.25) is 17.7 Å². The third-order valence-corrected chi connectivity index (χ3v) is 4.68. The van der Waals surface area contributed by atoms with Crippen molar-refractivity contribution in [1.82, 2.24) is 16.0 Å². The molecule has 4 atom stereocenters. The fourth-order valence-electron chi connectivity index (χ4n) is 2.04. The number of rotatable bonds is 13. The summed E-state index contributed by atoms with van der Waals surface area (Å²) >= 11 is 1.48. The molecule has 156 valence electrons. The van der Waals surface area contributed by atoms with Crippen LogP contribution in [0.3, 0.4) is 0 Å². The monoisotopic (exact) mass is 406 g/mol. The maximum atomic E-state index is 12.5. The molecule has 3 amide bonds. The van der Waals surface area contributed by atoms with Gasteiger partial charge < -0.3 is 31.9 Å². The van der Waals surface area contributed by atoms with Crippen LogP contribution in [0.4, 0.5) is 0 Å². The molecule has 0 aromatic carbocycles. The Balaban J connectivity index is 4.99. The molecule has 0 aromatic heterocycles. The average Bonchev–Trinajstić information content (AvgIpc) is 2.65. The van der Waals surface area contributed by atoms with E-state index in [-0.39, 0.29) is 5.92 Å². The van der Waals surface area contributed by atoms with Crippen LogP contribution in [0.1, 0.15) is 26.7 Å². The molecule has 0 saturated carbocycles. The summed E-state index contributed by atoms with van der Waals surface area (Å²) in [4.78, 5) is 47.1. The Morgan fingerprint density at radius 2 is 1.67 bits per heavy atom. The average molecular weight is 407 g/mol. The predicted octanol–water partition coefficient (Wildman–Crippen LogP) is -1.72. The zero-order valence-electron chi connectivity index (χ0n) is 15.9. The van der Waals surface area contributed by atoms with E-state index in [1.807, 2.05) is 20.1 Å². The zero-order chi connectivity index (χ0) is 21.0. The van der Waals surface area contributed by atoms with Crippen LogP contribution in [0.15, 0.2) is 0 Å². The highest BCUT2D eigenvalue weighted by Gasteiger charge is 2.28. The topological polar surface area (TPSA) is 171 Å². The Kier molecular flexibility index (Phi) is 12.4. The van der Waals surface area contributed by atoms with E-state index in [1.54, 1.807) is 0 Å². The number of nitrogens with one attached hydrogen (secondary N) is 3. The second-order valence-electron chi connectivity index (χ2n) is 6.11. The highest BCUT2D eigenvalue weighted by atomic mass is 32.2. The van der Waals surface area contributed by atoms with Crippen LogP contribution < -0.4 is 21.7 Å².